The van der Waals surface area contributed by atoms with Gasteiger partial charge in [-0.15, -0.1) is 5.92 Å². The van der Waals surface area contributed by atoms with Crippen LogP contribution in [0.4, 0.5) is 0 Å². The summed E-state index contributed by atoms with van der Waals surface area (Å²) < 4.78 is 0. The van der Waals surface area contributed by atoms with Gasteiger partial charge in [0.2, 0.25) is 5.91 Å². The number of hydrogen-bond acceptors (Lipinski definition) is 3. The molecule has 1 aromatic carbocycles. The van der Waals surface area contributed by atoms with Crippen molar-refractivity contribution in [2.24, 2.45) is 0 Å². The second-order valence-electron chi connectivity index (χ2n) is 6.72. The molecule has 27 heavy (non-hydrogen) atoms. The van der Waals surface area contributed by atoms with Gasteiger partial charge in [-0.2, -0.15) is 0 Å². The first-order chi connectivity index (χ1) is 13.1. The molecule has 1 fully saturated rings. The lowest BCUT2D eigenvalue weighted by molar-refractivity contribution is -0.137. The van der Waals surface area contributed by atoms with Crippen molar-refractivity contribution in [2.75, 3.05) is 6.54 Å². The second kappa shape index (κ2) is 11.2. The van der Waals surface area contributed by atoms with Crippen molar-refractivity contribution in [3.63, 3.8) is 0 Å². The van der Waals surface area contributed by atoms with Crippen LogP contribution in [0.3, 0.4) is 0 Å². The molecule has 5 nitrogen and oxygen atoms in total. The fourth-order valence-electron chi connectivity index (χ4n) is 3.09. The first-order valence-electron chi connectivity index (χ1n) is 9.43. The number of carboxylic acid groups (broad SMARTS) is 1. The number of carbonyl (C=O) groups excluding carboxylic acids is 1. The van der Waals surface area contributed by atoms with Crippen LogP contribution in [0, 0.1) is 11.8 Å². The minimum absolute atomic E-state index is 0.0509. The topological polar surface area (TPSA) is 77.8 Å². The Kier molecular flexibility index (Phi) is 8.60. The Morgan fingerprint density at radius 1 is 1.30 bits per heavy atom. The van der Waals surface area contributed by atoms with Crippen molar-refractivity contribution >= 4 is 11.9 Å². The number of benzene rings is 1. The van der Waals surface area contributed by atoms with Gasteiger partial charge >= 0.3 is 5.97 Å². The van der Waals surface area contributed by atoms with Crippen molar-refractivity contribution in [2.45, 2.75) is 57.1 Å². The molecule has 2 rings (SSSR count). The average molecular weight is 369 g/mol. The molecule has 0 aromatic heterocycles. The third kappa shape index (κ3) is 7.67. The molecule has 1 saturated heterocycles. The van der Waals surface area contributed by atoms with Gasteiger partial charge in [0.15, 0.2) is 0 Å². The molecule has 1 aliphatic heterocycles. The van der Waals surface area contributed by atoms with Crippen LogP contribution in [0.1, 0.15) is 44.1 Å². The molecule has 0 saturated carbocycles. The summed E-state index contributed by atoms with van der Waals surface area (Å²) in [5.74, 6) is 5.19. The number of aliphatic hydroxyl groups excluding tert-OH is 1. The number of aliphatic hydroxyl groups is 1. The summed E-state index contributed by atoms with van der Waals surface area (Å²) in [6, 6.07) is 9.75. The van der Waals surface area contributed by atoms with Crippen molar-refractivity contribution in [1.29, 1.82) is 0 Å². The molecule has 0 aliphatic carbocycles. The SMILES string of the molecule is O=C(O)CCCC#CCN1C(=O)CCCC1C=CC(O)Cc1ccccc1. The van der Waals surface area contributed by atoms with Gasteiger partial charge in [0.25, 0.3) is 0 Å². The molecule has 0 bridgehead atoms. The Morgan fingerprint density at radius 3 is 2.81 bits per heavy atom. The third-order valence-electron chi connectivity index (χ3n) is 4.52. The van der Waals surface area contributed by atoms with Crippen LogP contribution in [0.5, 0.6) is 0 Å². The van der Waals surface area contributed by atoms with Crippen LogP contribution in [-0.2, 0) is 16.0 Å². The first-order valence-corrected chi connectivity index (χ1v) is 9.43. The monoisotopic (exact) mass is 369 g/mol. The molecule has 2 unspecified atom stereocenters. The Balaban J connectivity index is 1.87. The highest BCUT2D eigenvalue weighted by atomic mass is 16.4. The van der Waals surface area contributed by atoms with Crippen LogP contribution in [0.15, 0.2) is 42.5 Å². The van der Waals surface area contributed by atoms with E-state index in [4.69, 9.17) is 5.11 Å². The van der Waals surface area contributed by atoms with Crippen molar-refractivity contribution in [3.8, 4) is 11.8 Å². The van der Waals surface area contributed by atoms with Gasteiger partial charge in [0.05, 0.1) is 18.7 Å². The van der Waals surface area contributed by atoms with Gasteiger partial charge in [-0.25, -0.2) is 0 Å². The number of likely N-dealkylation sites (tertiary alicyclic amines) is 1. The fraction of sp³-hybridized carbons (Fsp3) is 0.455. The molecule has 0 radical (unpaired) electrons. The third-order valence-corrected chi connectivity index (χ3v) is 4.52. The fourth-order valence-corrected chi connectivity index (χ4v) is 3.09. The summed E-state index contributed by atoms with van der Waals surface area (Å²) in [5, 5.41) is 18.8. The lowest BCUT2D eigenvalue weighted by Crippen LogP contribution is -2.42. The quantitative estimate of drug-likeness (QED) is 0.420. The molecular weight excluding hydrogens is 342 g/mol. The smallest absolute Gasteiger partial charge is 0.303 e. The van der Waals surface area contributed by atoms with E-state index in [1.54, 1.807) is 11.0 Å². The standard InChI is InChI=1S/C22H27NO4/c24-20(17-18-9-4-3-5-10-18)15-14-19-11-8-12-21(25)23(19)16-7-2-1-6-13-22(26)27/h3-5,9-10,14-15,19-20,24H,1,6,8,11-13,16-17H2,(H,26,27). The second-order valence-corrected chi connectivity index (χ2v) is 6.72. The number of piperidine rings is 1. The van der Waals surface area contributed by atoms with Gasteiger partial charge in [0, 0.05) is 25.7 Å². The molecule has 1 aliphatic rings. The zero-order valence-corrected chi connectivity index (χ0v) is 15.5. The van der Waals surface area contributed by atoms with Crippen LogP contribution in [0.2, 0.25) is 0 Å². The van der Waals surface area contributed by atoms with E-state index in [0.29, 0.717) is 32.2 Å². The molecule has 1 amide bonds. The minimum Gasteiger partial charge on any atom is -0.481 e. The van der Waals surface area contributed by atoms with Crippen molar-refractivity contribution in [1.82, 2.24) is 4.90 Å². The number of carboxylic acids is 1. The van der Waals surface area contributed by atoms with E-state index < -0.39 is 12.1 Å². The summed E-state index contributed by atoms with van der Waals surface area (Å²) in [4.78, 5) is 24.5. The number of unbranched alkanes of at least 4 members (excludes halogenated alkanes) is 1. The van der Waals surface area contributed by atoms with Gasteiger partial charge in [0.1, 0.15) is 0 Å². The van der Waals surface area contributed by atoms with E-state index in [1.807, 2.05) is 36.4 Å². The zero-order chi connectivity index (χ0) is 19.5. The number of amides is 1. The van der Waals surface area contributed by atoms with Crippen LogP contribution in [0.25, 0.3) is 0 Å². The minimum atomic E-state index is -0.817. The Morgan fingerprint density at radius 2 is 2.07 bits per heavy atom. The van der Waals surface area contributed by atoms with Gasteiger partial charge in [-0.1, -0.05) is 48.4 Å². The number of rotatable bonds is 8. The predicted molar refractivity (Wildman–Crippen MR) is 104 cm³/mol. The lowest BCUT2D eigenvalue weighted by Gasteiger charge is -2.32. The van der Waals surface area contributed by atoms with Crippen molar-refractivity contribution in [3.05, 3.63) is 48.0 Å². The maximum absolute atomic E-state index is 12.2. The molecule has 0 spiro atoms. The van der Waals surface area contributed by atoms with E-state index in [2.05, 4.69) is 11.8 Å². The van der Waals surface area contributed by atoms with Gasteiger partial charge in [-0.05, 0) is 24.8 Å². The van der Waals surface area contributed by atoms with Gasteiger partial charge in [-0.3, -0.25) is 9.59 Å². The summed E-state index contributed by atoms with van der Waals surface area (Å²) in [7, 11) is 0. The predicted octanol–water partition coefficient (Wildman–Crippen LogP) is 2.79. The van der Waals surface area contributed by atoms with Crippen LogP contribution in [-0.4, -0.2) is 45.7 Å². The Bertz CT molecular complexity index is 702. The average Bonchev–Trinajstić information content (AvgIpc) is 2.65. The van der Waals surface area contributed by atoms with Crippen molar-refractivity contribution < 1.29 is 19.8 Å². The van der Waals surface area contributed by atoms with E-state index in [0.717, 1.165) is 18.4 Å². The number of hydrogen-bond donors (Lipinski definition) is 2. The Hall–Kier alpha value is -2.58. The number of aliphatic carboxylic acids is 1. The van der Waals surface area contributed by atoms with Crippen LogP contribution < -0.4 is 0 Å². The Labute approximate surface area is 160 Å². The molecule has 144 valence electrons. The normalized spacial score (nSPS) is 18.2. The highest BCUT2D eigenvalue weighted by molar-refractivity contribution is 5.78. The zero-order valence-electron chi connectivity index (χ0n) is 15.5. The van der Waals surface area contributed by atoms with E-state index in [-0.39, 0.29) is 18.4 Å². The van der Waals surface area contributed by atoms with E-state index >= 15 is 0 Å². The molecule has 5 heteroatoms. The van der Waals surface area contributed by atoms with Gasteiger partial charge < -0.3 is 15.1 Å². The maximum atomic E-state index is 12.2. The highest BCUT2D eigenvalue weighted by Gasteiger charge is 2.25. The number of carbonyl (C=O) groups is 2. The van der Waals surface area contributed by atoms with Crippen LogP contribution >= 0.6 is 0 Å². The summed E-state index contributed by atoms with van der Waals surface area (Å²) in [5.41, 5.74) is 1.07. The molecule has 2 atom stereocenters. The maximum Gasteiger partial charge on any atom is 0.303 e. The van der Waals surface area contributed by atoms with E-state index in [9.17, 15) is 14.7 Å². The lowest BCUT2D eigenvalue weighted by atomic mass is 9.99. The van der Waals surface area contributed by atoms with E-state index in [1.165, 1.54) is 0 Å². The summed E-state index contributed by atoms with van der Waals surface area (Å²) in [6.45, 7) is 0.343. The highest BCUT2D eigenvalue weighted by Crippen LogP contribution is 2.19. The number of nitrogens with zero attached hydrogens (tertiary/aromatic N) is 1. The largest absolute Gasteiger partial charge is 0.481 e. The molecular formula is C22H27NO4. The molecule has 1 aromatic rings. The molecule has 2 N–H and O–H groups in total. The summed E-state index contributed by atoms with van der Waals surface area (Å²) >= 11 is 0. The summed E-state index contributed by atoms with van der Waals surface area (Å²) in [6.07, 6.45) is 7.01. The first kappa shape index (κ1) is 20.7. The molecule has 1 heterocycles.